The van der Waals surface area contributed by atoms with Crippen LogP contribution in [0.3, 0.4) is 0 Å². The molecule has 0 spiro atoms. The van der Waals surface area contributed by atoms with E-state index in [2.05, 4.69) is 48.3 Å². The first-order valence-electron chi connectivity index (χ1n) is 12.6. The van der Waals surface area contributed by atoms with Gasteiger partial charge in [0, 0.05) is 36.2 Å². The Labute approximate surface area is 206 Å². The lowest BCUT2D eigenvalue weighted by Crippen LogP contribution is -2.52. The maximum Gasteiger partial charge on any atom is 0.255 e. The number of hydrogen-bond donors (Lipinski definition) is 1. The minimum Gasteiger partial charge on any atom is -0.489 e. The number of ether oxygens (including phenoxy) is 1. The van der Waals surface area contributed by atoms with Gasteiger partial charge in [-0.25, -0.2) is 0 Å². The molecule has 3 unspecified atom stereocenters. The number of likely N-dealkylation sites (tertiary alicyclic amines) is 1. The van der Waals surface area contributed by atoms with Crippen LogP contribution in [0, 0.1) is 0 Å². The molecule has 2 aromatic carbocycles. The molecule has 7 nitrogen and oxygen atoms in total. The predicted octanol–water partition coefficient (Wildman–Crippen LogP) is 3.79. The van der Waals surface area contributed by atoms with Gasteiger partial charge in [0.25, 0.3) is 5.91 Å². The number of carbonyl (C=O) groups is 3. The van der Waals surface area contributed by atoms with Crippen molar-refractivity contribution in [3.63, 3.8) is 0 Å². The molecule has 0 saturated carbocycles. The minimum absolute atomic E-state index is 0.189. The van der Waals surface area contributed by atoms with Crippen molar-refractivity contribution in [2.75, 3.05) is 0 Å². The van der Waals surface area contributed by atoms with Crippen LogP contribution in [0.15, 0.2) is 42.5 Å². The van der Waals surface area contributed by atoms with Crippen LogP contribution in [0.1, 0.15) is 73.0 Å². The summed E-state index contributed by atoms with van der Waals surface area (Å²) in [6.45, 7) is 6.32. The standard InChI is InChI=1S/C28H33N3O4/c1-18-5-3-6-19(2)30(18)15-20-9-11-21(12-10-20)17-35-25-8-4-7-22-23(25)16-31(28(22)34)24-13-14-26(32)29-27(24)33/h4,7-12,18-19,24H,3,5-6,13-17H2,1-2H3,(H,29,32,33). The first-order valence-corrected chi connectivity index (χ1v) is 12.6. The average molecular weight is 476 g/mol. The van der Waals surface area contributed by atoms with E-state index in [1.54, 1.807) is 11.0 Å². The zero-order valence-electron chi connectivity index (χ0n) is 20.5. The van der Waals surface area contributed by atoms with Gasteiger partial charge in [-0.1, -0.05) is 36.8 Å². The smallest absolute Gasteiger partial charge is 0.255 e. The van der Waals surface area contributed by atoms with Gasteiger partial charge in [-0.05, 0) is 56.4 Å². The predicted molar refractivity (Wildman–Crippen MR) is 132 cm³/mol. The summed E-state index contributed by atoms with van der Waals surface area (Å²) in [6.07, 6.45) is 4.44. The third-order valence-electron chi connectivity index (χ3n) is 7.70. The third-order valence-corrected chi connectivity index (χ3v) is 7.70. The van der Waals surface area contributed by atoms with Crippen LogP contribution in [0.25, 0.3) is 0 Å². The SMILES string of the molecule is CC1CCCC(C)N1Cc1ccc(COc2cccc3c2CN(C2CCC(=O)NC2=O)C3=O)cc1. The Bertz CT molecular complexity index is 1120. The highest BCUT2D eigenvalue weighted by Crippen LogP contribution is 2.34. The fraction of sp³-hybridized carbons (Fsp3) is 0.464. The summed E-state index contributed by atoms with van der Waals surface area (Å²) in [5.41, 5.74) is 3.73. The van der Waals surface area contributed by atoms with Crippen LogP contribution in [0.2, 0.25) is 0 Å². The van der Waals surface area contributed by atoms with Crippen LogP contribution in [0.4, 0.5) is 0 Å². The van der Waals surface area contributed by atoms with Crippen molar-refractivity contribution in [3.05, 3.63) is 64.7 Å². The molecule has 35 heavy (non-hydrogen) atoms. The molecule has 3 amide bonds. The first-order chi connectivity index (χ1) is 16.9. The van der Waals surface area contributed by atoms with Gasteiger partial charge in [-0.15, -0.1) is 0 Å². The molecular weight excluding hydrogens is 442 g/mol. The van der Waals surface area contributed by atoms with Crippen molar-refractivity contribution in [2.45, 2.75) is 83.8 Å². The van der Waals surface area contributed by atoms with E-state index in [1.807, 2.05) is 12.1 Å². The second kappa shape index (κ2) is 9.82. The van der Waals surface area contributed by atoms with Crippen LogP contribution in [-0.4, -0.2) is 45.6 Å². The lowest BCUT2D eigenvalue weighted by Gasteiger charge is -2.39. The Morgan fingerprint density at radius 3 is 2.37 bits per heavy atom. The van der Waals surface area contributed by atoms with Crippen molar-refractivity contribution in [1.82, 2.24) is 15.1 Å². The van der Waals surface area contributed by atoms with Gasteiger partial charge in [0.05, 0.1) is 6.54 Å². The molecule has 0 aromatic heterocycles. The van der Waals surface area contributed by atoms with Gasteiger partial charge < -0.3 is 9.64 Å². The molecule has 2 fully saturated rings. The summed E-state index contributed by atoms with van der Waals surface area (Å²) < 4.78 is 6.14. The fourth-order valence-corrected chi connectivity index (χ4v) is 5.59. The molecule has 184 valence electrons. The summed E-state index contributed by atoms with van der Waals surface area (Å²) in [6, 6.07) is 14.6. The summed E-state index contributed by atoms with van der Waals surface area (Å²) in [5.74, 6) is -0.222. The maximum absolute atomic E-state index is 13.0. The van der Waals surface area contributed by atoms with Crippen LogP contribution in [0.5, 0.6) is 5.75 Å². The van der Waals surface area contributed by atoms with Crippen molar-refractivity contribution >= 4 is 17.7 Å². The Balaban J connectivity index is 1.23. The van der Waals surface area contributed by atoms with Gasteiger partial charge >= 0.3 is 0 Å². The van der Waals surface area contributed by atoms with E-state index < -0.39 is 11.9 Å². The molecular formula is C28H33N3O4. The van der Waals surface area contributed by atoms with Crippen molar-refractivity contribution < 1.29 is 19.1 Å². The number of imide groups is 1. The normalized spacial score (nSPS) is 24.9. The van der Waals surface area contributed by atoms with Gasteiger partial charge in [0.1, 0.15) is 18.4 Å². The monoisotopic (exact) mass is 475 g/mol. The Morgan fingerprint density at radius 1 is 0.943 bits per heavy atom. The quantitative estimate of drug-likeness (QED) is 0.643. The molecule has 0 aliphatic carbocycles. The number of piperidine rings is 2. The summed E-state index contributed by atoms with van der Waals surface area (Å²) in [4.78, 5) is 41.0. The van der Waals surface area contributed by atoms with Crippen molar-refractivity contribution in [2.24, 2.45) is 0 Å². The van der Waals surface area contributed by atoms with E-state index in [1.165, 1.54) is 24.8 Å². The molecule has 0 bridgehead atoms. The van der Waals surface area contributed by atoms with Gasteiger partial charge in [-0.3, -0.25) is 24.6 Å². The maximum atomic E-state index is 13.0. The van der Waals surface area contributed by atoms with Crippen molar-refractivity contribution in [1.29, 1.82) is 0 Å². The lowest BCUT2D eigenvalue weighted by molar-refractivity contribution is -0.136. The fourth-order valence-electron chi connectivity index (χ4n) is 5.59. The first kappa shape index (κ1) is 23.5. The topological polar surface area (TPSA) is 79.0 Å². The average Bonchev–Trinajstić information content (AvgIpc) is 3.18. The zero-order valence-corrected chi connectivity index (χ0v) is 20.5. The van der Waals surface area contributed by atoms with E-state index in [-0.39, 0.29) is 18.2 Å². The Hall–Kier alpha value is -3.19. The molecule has 3 heterocycles. The highest BCUT2D eigenvalue weighted by molar-refractivity contribution is 6.05. The molecule has 2 saturated heterocycles. The highest BCUT2D eigenvalue weighted by Gasteiger charge is 2.40. The Kier molecular flexibility index (Phi) is 6.60. The number of benzene rings is 2. The van der Waals surface area contributed by atoms with E-state index in [4.69, 9.17) is 4.74 Å². The number of nitrogens with one attached hydrogen (secondary N) is 1. The molecule has 2 aromatic rings. The molecule has 3 aliphatic rings. The lowest BCUT2D eigenvalue weighted by atomic mass is 9.96. The molecule has 3 aliphatic heterocycles. The second-order valence-corrected chi connectivity index (χ2v) is 10.1. The molecule has 0 radical (unpaired) electrons. The molecule has 3 atom stereocenters. The Morgan fingerprint density at radius 2 is 1.66 bits per heavy atom. The number of carbonyl (C=O) groups excluding carboxylic acids is 3. The van der Waals surface area contributed by atoms with Gasteiger partial charge in [0.15, 0.2) is 0 Å². The minimum atomic E-state index is -0.627. The molecule has 1 N–H and O–H groups in total. The largest absolute Gasteiger partial charge is 0.489 e. The number of amides is 3. The van der Waals surface area contributed by atoms with E-state index in [0.29, 0.717) is 43.0 Å². The van der Waals surface area contributed by atoms with Gasteiger partial charge in [0.2, 0.25) is 11.8 Å². The van der Waals surface area contributed by atoms with E-state index in [0.717, 1.165) is 17.7 Å². The van der Waals surface area contributed by atoms with Crippen LogP contribution >= 0.6 is 0 Å². The van der Waals surface area contributed by atoms with Crippen LogP contribution < -0.4 is 10.1 Å². The third kappa shape index (κ3) is 4.82. The van der Waals surface area contributed by atoms with Crippen LogP contribution in [-0.2, 0) is 29.3 Å². The number of rotatable bonds is 6. The highest BCUT2D eigenvalue weighted by atomic mass is 16.5. The van der Waals surface area contributed by atoms with E-state index in [9.17, 15) is 14.4 Å². The summed E-state index contributed by atoms with van der Waals surface area (Å²) in [5, 5.41) is 2.34. The van der Waals surface area contributed by atoms with E-state index >= 15 is 0 Å². The van der Waals surface area contributed by atoms with Crippen molar-refractivity contribution in [3.8, 4) is 5.75 Å². The van der Waals surface area contributed by atoms with Gasteiger partial charge in [-0.2, -0.15) is 0 Å². The summed E-state index contributed by atoms with van der Waals surface area (Å²) in [7, 11) is 0. The number of hydrogen-bond acceptors (Lipinski definition) is 5. The molecule has 7 heteroatoms. The zero-order chi connectivity index (χ0) is 24.5. The number of fused-ring (bicyclic) bond motifs is 1. The summed E-state index contributed by atoms with van der Waals surface area (Å²) >= 11 is 0. The molecule has 5 rings (SSSR count). The second-order valence-electron chi connectivity index (χ2n) is 10.1. The number of nitrogens with zero attached hydrogens (tertiary/aromatic N) is 2.